The van der Waals surface area contributed by atoms with Crippen molar-refractivity contribution < 1.29 is 19.1 Å². The van der Waals surface area contributed by atoms with Gasteiger partial charge >= 0.3 is 0 Å². The summed E-state index contributed by atoms with van der Waals surface area (Å²) >= 11 is 6.05. The molecule has 0 fully saturated rings. The molecule has 2 rings (SSSR count). The monoisotopic (exact) mass is 376 g/mol. The van der Waals surface area contributed by atoms with Crippen LogP contribution in [0.4, 0.5) is 5.69 Å². The van der Waals surface area contributed by atoms with E-state index in [-0.39, 0.29) is 24.3 Å². The molecule has 2 N–H and O–H groups in total. The first-order valence-corrected chi connectivity index (χ1v) is 8.39. The molecule has 0 aliphatic rings. The van der Waals surface area contributed by atoms with Crippen LogP contribution in [0.1, 0.15) is 23.7 Å². The van der Waals surface area contributed by atoms with E-state index in [9.17, 15) is 9.59 Å². The van der Waals surface area contributed by atoms with Crippen LogP contribution in [0.15, 0.2) is 42.5 Å². The summed E-state index contributed by atoms with van der Waals surface area (Å²) < 4.78 is 10.4. The summed E-state index contributed by atoms with van der Waals surface area (Å²) in [5.41, 5.74) is 0.990. The summed E-state index contributed by atoms with van der Waals surface area (Å²) in [6, 6.07) is 11.6. The smallest absolute Gasteiger partial charge is 0.251 e. The van der Waals surface area contributed by atoms with Gasteiger partial charge in [-0.3, -0.25) is 9.59 Å². The van der Waals surface area contributed by atoms with Gasteiger partial charge in [0.25, 0.3) is 5.91 Å². The molecule has 0 heterocycles. The van der Waals surface area contributed by atoms with E-state index >= 15 is 0 Å². The molecule has 0 aliphatic carbocycles. The van der Waals surface area contributed by atoms with Gasteiger partial charge < -0.3 is 20.1 Å². The normalized spacial score (nSPS) is 11.4. The fraction of sp³-hybridized carbons (Fsp3) is 0.263. The predicted molar refractivity (Wildman–Crippen MR) is 101 cm³/mol. The summed E-state index contributed by atoms with van der Waals surface area (Å²) in [4.78, 5) is 24.4. The fourth-order valence-electron chi connectivity index (χ4n) is 2.39. The van der Waals surface area contributed by atoms with Gasteiger partial charge in [0.2, 0.25) is 5.91 Å². The van der Waals surface area contributed by atoms with Crippen molar-refractivity contribution in [3.8, 4) is 11.5 Å². The second kappa shape index (κ2) is 9.10. The molecule has 0 bridgehead atoms. The number of rotatable bonds is 7. The van der Waals surface area contributed by atoms with E-state index in [4.69, 9.17) is 21.1 Å². The minimum absolute atomic E-state index is 0.104. The number of carbonyl (C=O) groups is 2. The maximum atomic E-state index is 12.3. The summed E-state index contributed by atoms with van der Waals surface area (Å²) in [6.07, 6.45) is 0.104. The number of ether oxygens (including phenoxy) is 2. The molecule has 7 heteroatoms. The van der Waals surface area contributed by atoms with E-state index in [2.05, 4.69) is 10.6 Å². The molecule has 0 spiro atoms. The van der Waals surface area contributed by atoms with Gasteiger partial charge in [0, 0.05) is 30.2 Å². The first-order chi connectivity index (χ1) is 12.4. The molecular formula is C19H21ClN2O4. The van der Waals surface area contributed by atoms with Crippen molar-refractivity contribution in [3.05, 3.63) is 53.1 Å². The number of methoxy groups -OCH3 is 2. The van der Waals surface area contributed by atoms with Gasteiger partial charge in [0.05, 0.1) is 24.9 Å². The quantitative estimate of drug-likeness (QED) is 0.775. The van der Waals surface area contributed by atoms with Crippen LogP contribution in [0.5, 0.6) is 11.5 Å². The van der Waals surface area contributed by atoms with Crippen LogP contribution in [0.2, 0.25) is 5.02 Å². The Labute approximate surface area is 157 Å². The van der Waals surface area contributed by atoms with Crippen LogP contribution in [0.25, 0.3) is 0 Å². The number of halogens is 1. The van der Waals surface area contributed by atoms with Gasteiger partial charge in [-0.05, 0) is 19.1 Å². The zero-order chi connectivity index (χ0) is 19.1. The lowest BCUT2D eigenvalue weighted by Gasteiger charge is -2.16. The molecule has 0 saturated heterocycles. The molecule has 1 atom stereocenters. The predicted octanol–water partition coefficient (Wildman–Crippen LogP) is 3.50. The third-order valence-corrected chi connectivity index (χ3v) is 3.95. The minimum atomic E-state index is -0.345. The second-order valence-electron chi connectivity index (χ2n) is 5.68. The highest BCUT2D eigenvalue weighted by Crippen LogP contribution is 2.35. The highest BCUT2D eigenvalue weighted by atomic mass is 35.5. The van der Waals surface area contributed by atoms with Gasteiger partial charge in [-0.25, -0.2) is 0 Å². The molecule has 0 radical (unpaired) electrons. The number of benzene rings is 2. The third-order valence-electron chi connectivity index (χ3n) is 3.65. The Morgan fingerprint density at radius 3 is 2.35 bits per heavy atom. The van der Waals surface area contributed by atoms with Crippen molar-refractivity contribution in [1.29, 1.82) is 0 Å². The molecule has 0 aromatic heterocycles. The van der Waals surface area contributed by atoms with Gasteiger partial charge in [0.15, 0.2) is 0 Å². The first-order valence-electron chi connectivity index (χ1n) is 8.02. The second-order valence-corrected chi connectivity index (χ2v) is 6.09. The molecule has 2 aromatic carbocycles. The highest BCUT2D eigenvalue weighted by Gasteiger charge is 2.16. The molecule has 26 heavy (non-hydrogen) atoms. The van der Waals surface area contributed by atoms with Crippen molar-refractivity contribution in [3.63, 3.8) is 0 Å². The van der Waals surface area contributed by atoms with Crippen molar-refractivity contribution in [2.24, 2.45) is 0 Å². The molecule has 6 nitrogen and oxygen atoms in total. The lowest BCUT2D eigenvalue weighted by Crippen LogP contribution is -2.35. The van der Waals surface area contributed by atoms with Crippen LogP contribution in [0, 0.1) is 0 Å². The average Bonchev–Trinajstić information content (AvgIpc) is 2.63. The summed E-state index contributed by atoms with van der Waals surface area (Å²) in [5, 5.41) is 5.93. The number of hydrogen-bond acceptors (Lipinski definition) is 4. The van der Waals surface area contributed by atoms with Crippen LogP contribution in [-0.2, 0) is 4.79 Å². The standard InChI is InChI=1S/C19H21ClN2O4/c1-12(21-19(24)13-7-5-4-6-8-13)9-18(23)22-15-11-16(25-2)14(20)10-17(15)26-3/h4-8,10-12H,9H2,1-3H3,(H,21,24)(H,22,23). The molecule has 2 amide bonds. The lowest BCUT2D eigenvalue weighted by atomic mass is 10.1. The average molecular weight is 377 g/mol. The zero-order valence-corrected chi connectivity index (χ0v) is 15.6. The molecule has 0 aliphatic heterocycles. The van der Waals surface area contributed by atoms with Crippen molar-refractivity contribution >= 4 is 29.1 Å². The minimum Gasteiger partial charge on any atom is -0.495 e. The van der Waals surface area contributed by atoms with E-state index in [1.807, 2.05) is 6.07 Å². The van der Waals surface area contributed by atoms with Gasteiger partial charge in [-0.1, -0.05) is 29.8 Å². The maximum absolute atomic E-state index is 12.3. The fourth-order valence-corrected chi connectivity index (χ4v) is 2.62. The molecule has 2 aromatic rings. The Bertz CT molecular complexity index is 781. The van der Waals surface area contributed by atoms with E-state index in [0.717, 1.165) is 0 Å². The molecule has 138 valence electrons. The van der Waals surface area contributed by atoms with Crippen LogP contribution >= 0.6 is 11.6 Å². The largest absolute Gasteiger partial charge is 0.495 e. The van der Waals surface area contributed by atoms with Crippen molar-refractivity contribution in [2.45, 2.75) is 19.4 Å². The SMILES string of the molecule is COc1cc(NC(=O)CC(C)NC(=O)c2ccccc2)c(OC)cc1Cl. The molecule has 0 saturated carbocycles. The van der Waals surface area contributed by atoms with Gasteiger partial charge in [0.1, 0.15) is 11.5 Å². The topological polar surface area (TPSA) is 76.7 Å². The van der Waals surface area contributed by atoms with Crippen LogP contribution < -0.4 is 20.1 Å². The van der Waals surface area contributed by atoms with Crippen molar-refractivity contribution in [2.75, 3.05) is 19.5 Å². The number of carbonyl (C=O) groups excluding carboxylic acids is 2. The Balaban J connectivity index is 1.99. The van der Waals surface area contributed by atoms with E-state index < -0.39 is 0 Å². The van der Waals surface area contributed by atoms with E-state index in [1.54, 1.807) is 43.3 Å². The zero-order valence-electron chi connectivity index (χ0n) is 14.8. The van der Waals surface area contributed by atoms with E-state index in [1.165, 1.54) is 14.2 Å². The Morgan fingerprint density at radius 2 is 1.73 bits per heavy atom. The summed E-state index contributed by atoms with van der Waals surface area (Å²) in [7, 11) is 2.97. The Kier molecular flexibility index (Phi) is 6.86. The number of amides is 2. The van der Waals surface area contributed by atoms with Crippen LogP contribution in [0.3, 0.4) is 0 Å². The van der Waals surface area contributed by atoms with Gasteiger partial charge in [-0.15, -0.1) is 0 Å². The lowest BCUT2D eigenvalue weighted by molar-refractivity contribution is -0.116. The van der Waals surface area contributed by atoms with Crippen molar-refractivity contribution in [1.82, 2.24) is 5.32 Å². The Hall–Kier alpha value is -2.73. The maximum Gasteiger partial charge on any atom is 0.251 e. The highest BCUT2D eigenvalue weighted by molar-refractivity contribution is 6.32. The number of anilines is 1. The summed E-state index contributed by atoms with van der Waals surface area (Å²) in [6.45, 7) is 1.76. The van der Waals surface area contributed by atoms with E-state index in [0.29, 0.717) is 27.8 Å². The first kappa shape index (κ1) is 19.6. The number of hydrogen-bond donors (Lipinski definition) is 2. The Morgan fingerprint density at radius 1 is 1.08 bits per heavy atom. The van der Waals surface area contributed by atoms with Crippen LogP contribution in [-0.4, -0.2) is 32.1 Å². The summed E-state index contributed by atoms with van der Waals surface area (Å²) in [5.74, 6) is 0.350. The third kappa shape index (κ3) is 5.13. The number of nitrogens with one attached hydrogen (secondary N) is 2. The van der Waals surface area contributed by atoms with Gasteiger partial charge in [-0.2, -0.15) is 0 Å². The molecule has 1 unspecified atom stereocenters. The molecular weight excluding hydrogens is 356 g/mol.